The lowest BCUT2D eigenvalue weighted by molar-refractivity contribution is 0.100. The summed E-state index contributed by atoms with van der Waals surface area (Å²) >= 11 is 0. The quantitative estimate of drug-likeness (QED) is 0.607. The van der Waals surface area contributed by atoms with Gasteiger partial charge in [-0.25, -0.2) is 14.4 Å². The van der Waals surface area contributed by atoms with Gasteiger partial charge in [-0.3, -0.25) is 4.79 Å². The summed E-state index contributed by atoms with van der Waals surface area (Å²) in [5, 5.41) is 3.97. The van der Waals surface area contributed by atoms with Gasteiger partial charge in [0.25, 0.3) is 5.91 Å². The van der Waals surface area contributed by atoms with Crippen molar-refractivity contribution in [2.45, 2.75) is 13.0 Å². The minimum absolute atomic E-state index is 0.244. The van der Waals surface area contributed by atoms with E-state index in [2.05, 4.69) is 15.3 Å². The molecule has 2 aromatic carbocycles. The van der Waals surface area contributed by atoms with E-state index >= 15 is 0 Å². The summed E-state index contributed by atoms with van der Waals surface area (Å²) in [6.45, 7) is 2.89. The zero-order chi connectivity index (χ0) is 21.0. The number of benzene rings is 2. The van der Waals surface area contributed by atoms with Crippen LogP contribution in [0.1, 0.15) is 28.9 Å². The standard InChI is InChI=1S/C21H24FN5O2/c1-4-29-15-9-16(20(23)28)19-17(10-15)21(25-12-24-19)26-18(11-27(2)3)13-6-5-7-14(22)8-13/h5-10,12,18H,4,11H2,1-3H3,(H2,23,28)(H,24,25,26). The number of nitrogens with zero attached hydrogens (tertiary/aromatic N) is 3. The number of ether oxygens (including phenoxy) is 1. The number of nitrogens with two attached hydrogens (primary N) is 1. The Balaban J connectivity index is 2.10. The van der Waals surface area contributed by atoms with Gasteiger partial charge >= 0.3 is 0 Å². The van der Waals surface area contributed by atoms with Crippen LogP contribution in [0.4, 0.5) is 10.2 Å². The largest absolute Gasteiger partial charge is 0.494 e. The second kappa shape index (κ2) is 8.83. The van der Waals surface area contributed by atoms with E-state index in [1.54, 1.807) is 18.2 Å². The van der Waals surface area contributed by atoms with Crippen LogP contribution in [0.15, 0.2) is 42.7 Å². The van der Waals surface area contributed by atoms with Crippen LogP contribution in [-0.4, -0.2) is 48.0 Å². The van der Waals surface area contributed by atoms with Crippen molar-refractivity contribution in [3.8, 4) is 5.75 Å². The fourth-order valence-corrected chi connectivity index (χ4v) is 3.18. The monoisotopic (exact) mass is 397 g/mol. The number of amides is 1. The number of hydrogen-bond donors (Lipinski definition) is 2. The summed E-state index contributed by atoms with van der Waals surface area (Å²) in [6, 6.07) is 9.53. The van der Waals surface area contributed by atoms with Crippen molar-refractivity contribution >= 4 is 22.6 Å². The number of nitrogens with one attached hydrogen (secondary N) is 1. The Labute approximate surface area is 168 Å². The number of anilines is 1. The molecule has 1 unspecified atom stereocenters. The number of rotatable bonds is 8. The van der Waals surface area contributed by atoms with Crippen molar-refractivity contribution < 1.29 is 13.9 Å². The number of likely N-dealkylation sites (N-methyl/N-ethyl adjacent to an activating group) is 1. The van der Waals surface area contributed by atoms with Gasteiger partial charge in [0.2, 0.25) is 0 Å². The van der Waals surface area contributed by atoms with E-state index in [4.69, 9.17) is 10.5 Å². The molecular formula is C21H24FN5O2. The Morgan fingerprint density at radius 2 is 2.07 bits per heavy atom. The van der Waals surface area contributed by atoms with Crippen LogP contribution in [-0.2, 0) is 0 Å². The maximum atomic E-state index is 13.8. The van der Waals surface area contributed by atoms with Crippen molar-refractivity contribution in [2.75, 3.05) is 32.6 Å². The SMILES string of the molecule is CCOc1cc(C(N)=O)c2ncnc(NC(CN(C)C)c3cccc(F)c3)c2c1. The topological polar surface area (TPSA) is 93.4 Å². The van der Waals surface area contributed by atoms with Gasteiger partial charge in [0.1, 0.15) is 23.7 Å². The van der Waals surface area contributed by atoms with Crippen LogP contribution in [0, 0.1) is 5.82 Å². The number of hydrogen-bond acceptors (Lipinski definition) is 6. The van der Waals surface area contributed by atoms with E-state index < -0.39 is 5.91 Å². The van der Waals surface area contributed by atoms with Crippen LogP contribution < -0.4 is 15.8 Å². The second-order valence-electron chi connectivity index (χ2n) is 6.90. The number of aromatic nitrogens is 2. The summed E-state index contributed by atoms with van der Waals surface area (Å²) in [5.41, 5.74) is 7.01. The Morgan fingerprint density at radius 1 is 1.28 bits per heavy atom. The Hall–Kier alpha value is -3.26. The third-order valence-corrected chi connectivity index (χ3v) is 4.40. The molecule has 3 N–H and O–H groups in total. The predicted octanol–water partition coefficient (Wildman–Crippen LogP) is 2.98. The highest BCUT2D eigenvalue weighted by Gasteiger charge is 2.19. The number of fused-ring (bicyclic) bond motifs is 1. The van der Waals surface area contributed by atoms with E-state index in [-0.39, 0.29) is 17.4 Å². The summed E-state index contributed by atoms with van der Waals surface area (Å²) in [4.78, 5) is 22.5. The van der Waals surface area contributed by atoms with Crippen LogP contribution in [0.5, 0.6) is 5.75 Å². The van der Waals surface area contributed by atoms with Crippen molar-refractivity contribution in [3.63, 3.8) is 0 Å². The highest BCUT2D eigenvalue weighted by molar-refractivity contribution is 6.07. The number of halogens is 1. The van der Waals surface area contributed by atoms with Gasteiger partial charge < -0.3 is 20.7 Å². The summed E-state index contributed by atoms with van der Waals surface area (Å²) in [5.74, 6) is 0.100. The van der Waals surface area contributed by atoms with Gasteiger partial charge in [-0.05, 0) is 50.8 Å². The lowest BCUT2D eigenvalue weighted by Gasteiger charge is -2.24. The minimum atomic E-state index is -0.601. The van der Waals surface area contributed by atoms with Crippen molar-refractivity contribution in [1.82, 2.24) is 14.9 Å². The average molecular weight is 397 g/mol. The Bertz CT molecular complexity index is 1030. The number of carbonyl (C=O) groups is 1. The molecule has 152 valence electrons. The molecule has 1 amide bonds. The van der Waals surface area contributed by atoms with Gasteiger partial charge in [-0.15, -0.1) is 0 Å². The lowest BCUT2D eigenvalue weighted by atomic mass is 10.0. The molecule has 3 aromatic rings. The van der Waals surface area contributed by atoms with E-state index in [9.17, 15) is 9.18 Å². The zero-order valence-corrected chi connectivity index (χ0v) is 16.6. The molecule has 0 saturated carbocycles. The second-order valence-corrected chi connectivity index (χ2v) is 6.90. The first-order valence-electron chi connectivity index (χ1n) is 9.27. The average Bonchev–Trinajstić information content (AvgIpc) is 2.67. The highest BCUT2D eigenvalue weighted by Crippen LogP contribution is 2.30. The molecule has 0 bridgehead atoms. The number of primary amides is 1. The molecule has 0 saturated heterocycles. The van der Waals surface area contributed by atoms with Crippen LogP contribution in [0.2, 0.25) is 0 Å². The first kappa shape index (κ1) is 20.5. The van der Waals surface area contributed by atoms with Gasteiger partial charge in [0.05, 0.1) is 23.7 Å². The third kappa shape index (κ3) is 4.78. The van der Waals surface area contributed by atoms with Crippen molar-refractivity contribution in [3.05, 3.63) is 59.7 Å². The molecule has 0 spiro atoms. The summed E-state index contributed by atoms with van der Waals surface area (Å²) in [7, 11) is 3.87. The Kier molecular flexibility index (Phi) is 6.23. The molecule has 0 aliphatic rings. The maximum Gasteiger partial charge on any atom is 0.251 e. The van der Waals surface area contributed by atoms with E-state index in [1.165, 1.54) is 18.5 Å². The summed E-state index contributed by atoms with van der Waals surface area (Å²) < 4.78 is 19.4. The smallest absolute Gasteiger partial charge is 0.251 e. The molecule has 0 aliphatic carbocycles. The maximum absolute atomic E-state index is 13.8. The van der Waals surface area contributed by atoms with E-state index in [0.29, 0.717) is 35.6 Å². The molecule has 3 rings (SSSR count). The van der Waals surface area contributed by atoms with Gasteiger partial charge in [0, 0.05) is 11.9 Å². The molecule has 0 radical (unpaired) electrons. The normalized spacial score (nSPS) is 12.2. The molecule has 7 nitrogen and oxygen atoms in total. The molecular weight excluding hydrogens is 373 g/mol. The molecule has 1 aromatic heterocycles. The van der Waals surface area contributed by atoms with Gasteiger partial charge in [0.15, 0.2) is 0 Å². The molecule has 8 heteroatoms. The number of carbonyl (C=O) groups excluding carboxylic acids is 1. The van der Waals surface area contributed by atoms with Gasteiger partial charge in [-0.2, -0.15) is 0 Å². The summed E-state index contributed by atoms with van der Waals surface area (Å²) in [6.07, 6.45) is 1.37. The lowest BCUT2D eigenvalue weighted by Crippen LogP contribution is -2.26. The molecule has 1 atom stereocenters. The molecule has 1 heterocycles. The fourth-order valence-electron chi connectivity index (χ4n) is 3.18. The first-order valence-corrected chi connectivity index (χ1v) is 9.27. The predicted molar refractivity (Wildman–Crippen MR) is 111 cm³/mol. The van der Waals surface area contributed by atoms with E-state index in [0.717, 1.165) is 5.56 Å². The fraction of sp³-hybridized carbons (Fsp3) is 0.286. The minimum Gasteiger partial charge on any atom is -0.494 e. The van der Waals surface area contributed by atoms with Crippen molar-refractivity contribution in [1.29, 1.82) is 0 Å². The zero-order valence-electron chi connectivity index (χ0n) is 16.6. The Morgan fingerprint density at radius 3 is 2.72 bits per heavy atom. The molecule has 0 aliphatic heterocycles. The molecule has 29 heavy (non-hydrogen) atoms. The highest BCUT2D eigenvalue weighted by atomic mass is 19.1. The first-order chi connectivity index (χ1) is 13.9. The van der Waals surface area contributed by atoms with Crippen LogP contribution in [0.25, 0.3) is 10.9 Å². The van der Waals surface area contributed by atoms with Crippen LogP contribution in [0.3, 0.4) is 0 Å². The molecule has 0 fully saturated rings. The van der Waals surface area contributed by atoms with Crippen LogP contribution >= 0.6 is 0 Å². The van der Waals surface area contributed by atoms with Gasteiger partial charge in [-0.1, -0.05) is 12.1 Å². The van der Waals surface area contributed by atoms with Crippen molar-refractivity contribution in [2.24, 2.45) is 5.73 Å². The third-order valence-electron chi connectivity index (χ3n) is 4.40. The van der Waals surface area contributed by atoms with E-state index in [1.807, 2.05) is 32.0 Å².